The molecule has 0 unspecified atom stereocenters. The lowest BCUT2D eigenvalue weighted by molar-refractivity contribution is -0.386. The molecule has 0 aromatic heterocycles. The fourth-order valence-corrected chi connectivity index (χ4v) is 2.89. The number of halogens is 1. The Balaban J connectivity index is 0.00000162. The zero-order valence-corrected chi connectivity index (χ0v) is 11.1. The van der Waals surface area contributed by atoms with E-state index in [1.54, 1.807) is 12.1 Å². The van der Waals surface area contributed by atoms with E-state index in [1.807, 2.05) is 12.1 Å². The van der Waals surface area contributed by atoms with E-state index in [2.05, 4.69) is 0 Å². The molecule has 2 rings (SSSR count). The van der Waals surface area contributed by atoms with Crippen LogP contribution < -0.4 is 5.73 Å². The second-order valence-corrected chi connectivity index (χ2v) is 4.82. The first-order valence-electron chi connectivity index (χ1n) is 6.14. The summed E-state index contributed by atoms with van der Waals surface area (Å²) >= 11 is 0. The zero-order chi connectivity index (χ0) is 12.3. The fourth-order valence-electron chi connectivity index (χ4n) is 2.89. The maximum absolute atomic E-state index is 11.1. The van der Waals surface area contributed by atoms with E-state index in [0.29, 0.717) is 6.54 Å². The number of hydrogen-bond acceptors (Lipinski definition) is 3. The van der Waals surface area contributed by atoms with Crippen LogP contribution in [0.1, 0.15) is 37.7 Å². The van der Waals surface area contributed by atoms with Crippen LogP contribution in [0.5, 0.6) is 0 Å². The second kappa shape index (κ2) is 6.16. The molecular weight excluding hydrogens is 252 g/mol. The first-order chi connectivity index (χ1) is 8.19. The van der Waals surface area contributed by atoms with Gasteiger partial charge < -0.3 is 5.73 Å². The third-order valence-corrected chi connectivity index (χ3v) is 3.87. The quantitative estimate of drug-likeness (QED) is 0.677. The van der Waals surface area contributed by atoms with Crippen molar-refractivity contribution in [3.8, 4) is 0 Å². The topological polar surface area (TPSA) is 69.2 Å². The number of benzene rings is 1. The van der Waals surface area contributed by atoms with Gasteiger partial charge in [0.15, 0.2) is 0 Å². The van der Waals surface area contributed by atoms with Crippen molar-refractivity contribution in [3.05, 3.63) is 39.9 Å². The summed E-state index contributed by atoms with van der Waals surface area (Å²) in [6.07, 6.45) is 5.37. The van der Waals surface area contributed by atoms with Crippen LogP contribution in [-0.4, -0.2) is 11.5 Å². The molecular formula is C13H19ClN2O2. The Morgan fingerprint density at radius 1 is 1.22 bits per heavy atom. The van der Waals surface area contributed by atoms with Gasteiger partial charge in [-0.2, -0.15) is 0 Å². The largest absolute Gasteiger partial charge is 0.330 e. The molecule has 1 fully saturated rings. The van der Waals surface area contributed by atoms with E-state index in [-0.39, 0.29) is 28.4 Å². The Morgan fingerprint density at radius 2 is 1.83 bits per heavy atom. The van der Waals surface area contributed by atoms with Crippen molar-refractivity contribution in [2.24, 2.45) is 5.73 Å². The van der Waals surface area contributed by atoms with E-state index in [4.69, 9.17) is 5.73 Å². The molecule has 0 aliphatic heterocycles. The van der Waals surface area contributed by atoms with Gasteiger partial charge in [0, 0.05) is 23.6 Å². The van der Waals surface area contributed by atoms with Gasteiger partial charge in [-0.15, -0.1) is 12.4 Å². The summed E-state index contributed by atoms with van der Waals surface area (Å²) in [5, 5.41) is 11.1. The fraction of sp³-hybridized carbons (Fsp3) is 0.538. The minimum atomic E-state index is -0.290. The highest BCUT2D eigenvalue weighted by atomic mass is 35.5. The van der Waals surface area contributed by atoms with Crippen LogP contribution in [0, 0.1) is 10.1 Å². The van der Waals surface area contributed by atoms with Crippen molar-refractivity contribution in [1.29, 1.82) is 0 Å². The number of rotatable bonds is 3. The Bertz CT molecular complexity index is 417. The number of nitrogens with zero attached hydrogens (tertiary/aromatic N) is 1. The molecule has 2 N–H and O–H groups in total. The van der Waals surface area contributed by atoms with Crippen LogP contribution in [0.4, 0.5) is 5.69 Å². The molecule has 0 atom stereocenters. The summed E-state index contributed by atoms with van der Waals surface area (Å²) in [6.45, 7) is 0.498. The van der Waals surface area contributed by atoms with Crippen LogP contribution in [0.15, 0.2) is 24.3 Å². The van der Waals surface area contributed by atoms with Crippen molar-refractivity contribution < 1.29 is 4.92 Å². The maximum Gasteiger partial charge on any atom is 0.273 e. The predicted molar refractivity (Wildman–Crippen MR) is 74.2 cm³/mol. The van der Waals surface area contributed by atoms with Gasteiger partial charge in [-0.05, 0) is 12.8 Å². The molecule has 100 valence electrons. The van der Waals surface area contributed by atoms with Gasteiger partial charge in [0.05, 0.1) is 4.92 Å². The molecule has 1 aromatic rings. The number of nitrogens with two attached hydrogens (primary N) is 1. The van der Waals surface area contributed by atoms with Crippen LogP contribution in [0.2, 0.25) is 0 Å². The lowest BCUT2D eigenvalue weighted by atomic mass is 9.69. The summed E-state index contributed by atoms with van der Waals surface area (Å²) in [5.74, 6) is 0. The van der Waals surface area contributed by atoms with Crippen molar-refractivity contribution in [2.75, 3.05) is 6.54 Å². The Labute approximate surface area is 113 Å². The average Bonchev–Trinajstić information content (AvgIpc) is 2.39. The molecule has 0 amide bonds. The molecule has 4 nitrogen and oxygen atoms in total. The monoisotopic (exact) mass is 270 g/mol. The SMILES string of the molecule is Cl.NCC1(c2ccccc2[N+](=O)[O-])CCCCC1. The average molecular weight is 271 g/mol. The normalized spacial score (nSPS) is 17.8. The summed E-state index contributed by atoms with van der Waals surface area (Å²) in [7, 11) is 0. The molecule has 5 heteroatoms. The molecule has 1 aromatic carbocycles. The summed E-state index contributed by atoms with van der Waals surface area (Å²) in [6, 6.07) is 7.04. The van der Waals surface area contributed by atoms with E-state index < -0.39 is 0 Å². The van der Waals surface area contributed by atoms with Crippen LogP contribution in [0.3, 0.4) is 0 Å². The lowest BCUT2D eigenvalue weighted by Crippen LogP contribution is -2.37. The molecule has 1 aliphatic carbocycles. The standard InChI is InChI=1S/C13H18N2O2.ClH/c14-10-13(8-4-1-5-9-13)11-6-2-3-7-12(11)15(16)17;/h2-3,6-7H,1,4-5,8-10,14H2;1H. The molecule has 1 saturated carbocycles. The highest BCUT2D eigenvalue weighted by molar-refractivity contribution is 5.85. The van der Waals surface area contributed by atoms with E-state index in [1.165, 1.54) is 6.42 Å². The Hall–Kier alpha value is -1.13. The highest BCUT2D eigenvalue weighted by Crippen LogP contribution is 2.42. The first kappa shape index (κ1) is 14.9. The highest BCUT2D eigenvalue weighted by Gasteiger charge is 2.37. The van der Waals surface area contributed by atoms with E-state index >= 15 is 0 Å². The third kappa shape index (κ3) is 2.65. The first-order valence-corrected chi connectivity index (χ1v) is 6.14. The summed E-state index contributed by atoms with van der Waals surface area (Å²) in [5.41, 5.74) is 6.79. The smallest absolute Gasteiger partial charge is 0.273 e. The molecule has 0 saturated heterocycles. The van der Waals surface area contributed by atoms with E-state index in [0.717, 1.165) is 31.2 Å². The third-order valence-electron chi connectivity index (χ3n) is 3.87. The zero-order valence-electron chi connectivity index (χ0n) is 10.3. The van der Waals surface area contributed by atoms with Gasteiger partial charge in [0.2, 0.25) is 0 Å². The number of nitro benzene ring substituents is 1. The maximum atomic E-state index is 11.1. The van der Waals surface area contributed by atoms with E-state index in [9.17, 15) is 10.1 Å². The lowest BCUT2D eigenvalue weighted by Gasteiger charge is -2.36. The van der Waals surface area contributed by atoms with Gasteiger partial charge >= 0.3 is 0 Å². The number of para-hydroxylation sites is 1. The summed E-state index contributed by atoms with van der Waals surface area (Å²) < 4.78 is 0. The Morgan fingerprint density at radius 3 is 2.39 bits per heavy atom. The minimum Gasteiger partial charge on any atom is -0.330 e. The molecule has 18 heavy (non-hydrogen) atoms. The van der Waals surface area contributed by atoms with Gasteiger partial charge in [-0.25, -0.2) is 0 Å². The van der Waals surface area contributed by atoms with Gasteiger partial charge in [0.25, 0.3) is 5.69 Å². The van der Waals surface area contributed by atoms with Crippen LogP contribution >= 0.6 is 12.4 Å². The molecule has 0 radical (unpaired) electrons. The van der Waals surface area contributed by atoms with Crippen molar-refractivity contribution in [3.63, 3.8) is 0 Å². The van der Waals surface area contributed by atoms with Gasteiger partial charge in [0.1, 0.15) is 0 Å². The number of hydrogen-bond donors (Lipinski definition) is 1. The molecule has 0 bridgehead atoms. The van der Waals surface area contributed by atoms with Crippen molar-refractivity contribution in [1.82, 2.24) is 0 Å². The summed E-state index contributed by atoms with van der Waals surface area (Å²) in [4.78, 5) is 10.8. The van der Waals surface area contributed by atoms with Crippen molar-refractivity contribution in [2.45, 2.75) is 37.5 Å². The molecule has 0 heterocycles. The van der Waals surface area contributed by atoms with Gasteiger partial charge in [-0.1, -0.05) is 37.5 Å². The van der Waals surface area contributed by atoms with Crippen LogP contribution in [0.25, 0.3) is 0 Å². The second-order valence-electron chi connectivity index (χ2n) is 4.82. The van der Waals surface area contributed by atoms with Gasteiger partial charge in [-0.3, -0.25) is 10.1 Å². The Kier molecular flexibility index (Phi) is 5.11. The predicted octanol–water partition coefficient (Wildman–Crippen LogP) is 3.18. The molecule has 0 spiro atoms. The van der Waals surface area contributed by atoms with Crippen molar-refractivity contribution >= 4 is 18.1 Å². The molecule has 1 aliphatic rings. The van der Waals surface area contributed by atoms with Crippen LogP contribution in [-0.2, 0) is 5.41 Å². The minimum absolute atomic E-state index is 0. The number of nitro groups is 1.